The van der Waals surface area contributed by atoms with E-state index in [0.717, 1.165) is 5.56 Å². The number of aliphatic hydroxyl groups excluding tert-OH is 1. The Hall–Kier alpha value is -5.05. The van der Waals surface area contributed by atoms with Crippen LogP contribution in [0.1, 0.15) is 117 Å². The summed E-state index contributed by atoms with van der Waals surface area (Å²) in [7, 11) is -2.71. The van der Waals surface area contributed by atoms with E-state index in [4.69, 9.17) is 60.6 Å². The van der Waals surface area contributed by atoms with Crippen LogP contribution in [0.25, 0.3) is 0 Å². The molecule has 5 rings (SSSR count). The predicted molar refractivity (Wildman–Crippen MR) is 385 cm³/mol. The summed E-state index contributed by atoms with van der Waals surface area (Å²) in [6, 6.07) is 8.49. The number of carbonyl (C=O) groups excluding carboxylic acids is 6. The van der Waals surface area contributed by atoms with Crippen molar-refractivity contribution in [1.29, 1.82) is 0 Å². The number of Topliss-reactive ketones (excluding diaryl/α,β-unsaturated/α-hetero) is 2. The number of piperazine rings is 1. The van der Waals surface area contributed by atoms with Crippen molar-refractivity contribution in [3.05, 3.63) is 35.9 Å². The van der Waals surface area contributed by atoms with Gasteiger partial charge in [0.15, 0.2) is 17.7 Å². The van der Waals surface area contributed by atoms with Crippen molar-refractivity contribution in [3.63, 3.8) is 0 Å². The van der Waals surface area contributed by atoms with Crippen molar-refractivity contribution >= 4 is 70.2 Å². The predicted octanol–water partition coefficient (Wildman–Crippen LogP) is 3.14. The molecule has 12 N–H and O–H groups in total. The summed E-state index contributed by atoms with van der Waals surface area (Å²) in [5.41, 5.74) is 22.9. The molecule has 36 heteroatoms. The molecule has 1 aromatic carbocycles. The Kier molecular flexibility index (Phi) is 37.8. The van der Waals surface area contributed by atoms with Gasteiger partial charge in [0.25, 0.3) is 7.52 Å². The smallest absolute Gasteiger partial charge is 0.409 e. The summed E-state index contributed by atoms with van der Waals surface area (Å²) in [4.78, 5) is 92.0. The Balaban J connectivity index is 1.06. The number of aliphatic imine (C=N–C) groups is 2. The number of unbranched alkanes of at least 4 members (excludes halogenated alkanes) is 2. The van der Waals surface area contributed by atoms with Crippen molar-refractivity contribution < 1.29 is 80.1 Å². The van der Waals surface area contributed by atoms with Crippen LogP contribution < -0.4 is 38.9 Å². The van der Waals surface area contributed by atoms with Gasteiger partial charge in [0.05, 0.1) is 75.4 Å². The average Bonchev–Trinajstić information content (AvgIpc) is 0.797. The molecule has 0 saturated carbocycles. The van der Waals surface area contributed by atoms with Crippen LogP contribution in [0, 0.1) is 11.8 Å². The number of aliphatic hydroxyl groups is 1. The van der Waals surface area contributed by atoms with Crippen LogP contribution in [0.5, 0.6) is 0 Å². The van der Waals surface area contributed by atoms with Gasteiger partial charge in [0, 0.05) is 123 Å². The largest absolute Gasteiger partial charge is 0.447 e. The number of hydrogen-bond acceptors (Lipinski definition) is 20. The molecule has 4 aliphatic heterocycles. The second kappa shape index (κ2) is 44.0. The molecule has 4 fully saturated rings. The molecule has 0 aliphatic carbocycles. The summed E-state index contributed by atoms with van der Waals surface area (Å²) in [6.45, 7) is 10.00. The molecule has 0 spiro atoms. The molecular formula is C65H119N16O17P3. The molecule has 0 radical (unpaired) electrons. The zero-order valence-electron chi connectivity index (χ0n) is 61.1. The first-order chi connectivity index (χ1) is 48.0. The number of nitrogens with one attached hydrogen (secondary N) is 3. The third kappa shape index (κ3) is 29.1. The molecule has 576 valence electrons. The lowest BCUT2D eigenvalue weighted by molar-refractivity contribution is -0.146. The van der Waals surface area contributed by atoms with Gasteiger partial charge >= 0.3 is 21.4 Å². The number of ether oxygens (including phenoxy) is 4. The summed E-state index contributed by atoms with van der Waals surface area (Å²) >= 11 is 0. The van der Waals surface area contributed by atoms with E-state index in [1.165, 1.54) is 14.2 Å². The Morgan fingerprint density at radius 1 is 0.644 bits per heavy atom. The van der Waals surface area contributed by atoms with Gasteiger partial charge in [-0.15, -0.1) is 0 Å². The molecule has 4 saturated heterocycles. The SMILES string of the molecule is CCC(CCCN=C(N)N)C(=O)NC(Cc1ccccc1)C(=O)CC(CCCN=C(N)N)C(=O)NCCCCCC(=O)CCCC(=O)N1CC(C)OC(COP(=O)(CNC)N2CC(C)OC(COP(=O)(N(C)C)N3CC(C)OC(COP(=O)(N(C)C)N4CCN(C(=O)OCCO)CC4)C3)C2)C1. The number of rotatable bonds is 45. The van der Waals surface area contributed by atoms with Gasteiger partial charge < -0.3 is 86.3 Å². The van der Waals surface area contributed by atoms with E-state index in [-0.39, 0.29) is 184 Å². The van der Waals surface area contributed by atoms with Crippen LogP contribution in [0.3, 0.4) is 0 Å². The van der Waals surface area contributed by atoms with Crippen LogP contribution in [-0.2, 0) is 76.6 Å². The number of morpholine rings is 3. The van der Waals surface area contributed by atoms with E-state index < -0.39 is 71.4 Å². The zero-order valence-corrected chi connectivity index (χ0v) is 63.8. The van der Waals surface area contributed by atoms with E-state index in [0.29, 0.717) is 83.8 Å². The fraction of sp³-hybridized carbons (Fsp3) is 0.785. The third-order valence-corrected chi connectivity index (χ3v) is 25.5. The summed E-state index contributed by atoms with van der Waals surface area (Å²) in [5, 5.41) is 18.1. The van der Waals surface area contributed by atoms with Gasteiger partial charge in [-0.3, -0.25) is 47.7 Å². The second-order valence-electron chi connectivity index (χ2n) is 26.9. The number of carbonyl (C=O) groups is 6. The van der Waals surface area contributed by atoms with Crippen LogP contribution >= 0.6 is 22.9 Å². The number of guanidine groups is 2. The normalized spacial score (nSPS) is 23.0. The molecule has 4 heterocycles. The van der Waals surface area contributed by atoms with Gasteiger partial charge in [-0.05, 0) is 119 Å². The number of hydrogen-bond donors (Lipinski definition) is 8. The van der Waals surface area contributed by atoms with E-state index in [2.05, 4.69) is 25.9 Å². The summed E-state index contributed by atoms with van der Waals surface area (Å²) in [5.74, 6) is -2.13. The first-order valence-electron chi connectivity index (χ1n) is 35.6. The van der Waals surface area contributed by atoms with E-state index in [1.807, 2.05) is 58.0 Å². The minimum Gasteiger partial charge on any atom is -0.447 e. The Morgan fingerprint density at radius 2 is 1.19 bits per heavy atom. The standard InChI is InChI=1S/C65H119N16O17P3/c1-10-52(22-18-28-72-63(66)67)62(87)74-58(36-51-20-13-11-14-21-51)59(84)37-53(23-19-29-73-64(68)69)61(86)71-27-16-12-15-24-54(83)25-17-26-60(85)78-38-48(2)96-55(41-78)44-93-99(89,47-70-5)80-39-49(3)97-56(42-80)45-95-101(91,76(8)9)81-40-50(4)98-57(43-81)46-94-100(90,75(6)7)79-32-30-77(31-33-79)65(88)92-35-34-82/h11,13-14,20-21,48-50,52-53,55-58,70,82H,10,12,15-19,22-47H2,1-9H3,(H,71,86)(H,74,87)(H4,66,67,72)(H4,68,69,73). The minimum absolute atomic E-state index is 0.00841. The lowest BCUT2D eigenvalue weighted by Gasteiger charge is -2.44. The lowest BCUT2D eigenvalue weighted by atomic mass is 9.90. The van der Waals surface area contributed by atoms with E-state index in [9.17, 15) is 37.9 Å². The Labute approximate surface area is 597 Å². The highest BCUT2D eigenvalue weighted by molar-refractivity contribution is 7.56. The summed E-state index contributed by atoms with van der Waals surface area (Å²) in [6.07, 6.45) is 1.76. The molecule has 1 aromatic rings. The maximum Gasteiger partial charge on any atom is 0.409 e. The van der Waals surface area contributed by atoms with Crippen LogP contribution in [-0.4, -0.2) is 288 Å². The number of nitrogens with two attached hydrogens (primary N) is 4. The van der Waals surface area contributed by atoms with Gasteiger partial charge in [-0.1, -0.05) is 43.7 Å². The van der Waals surface area contributed by atoms with Crippen LogP contribution in [0.4, 0.5) is 4.79 Å². The van der Waals surface area contributed by atoms with Crippen LogP contribution in [0.2, 0.25) is 0 Å². The van der Waals surface area contributed by atoms with E-state index in [1.54, 1.807) is 54.1 Å². The number of nitrogens with zero attached hydrogens (tertiary/aromatic N) is 9. The fourth-order valence-corrected chi connectivity index (χ4v) is 18.9. The molecular weight excluding hydrogens is 1370 g/mol. The molecule has 101 heavy (non-hydrogen) atoms. The number of amides is 4. The zero-order chi connectivity index (χ0) is 74.3. The first kappa shape index (κ1) is 86.6. The van der Waals surface area contributed by atoms with Gasteiger partial charge in [-0.25, -0.2) is 28.1 Å². The highest BCUT2D eigenvalue weighted by Gasteiger charge is 2.46. The first-order valence-corrected chi connectivity index (χ1v) is 40.4. The van der Waals surface area contributed by atoms with E-state index >= 15 is 4.57 Å². The molecule has 0 bridgehead atoms. The lowest BCUT2D eigenvalue weighted by Crippen LogP contribution is -2.51. The monoisotopic (exact) mass is 1490 g/mol. The molecule has 0 aromatic heterocycles. The second-order valence-corrected chi connectivity index (χ2v) is 34.5. The molecule has 12 unspecified atom stereocenters. The molecule has 4 aliphatic rings. The average molecular weight is 1490 g/mol. The maximum atomic E-state index is 15.0. The van der Waals surface area contributed by atoms with Crippen molar-refractivity contribution in [2.45, 2.75) is 160 Å². The highest BCUT2D eigenvalue weighted by atomic mass is 31.2. The number of benzene rings is 1. The maximum absolute atomic E-state index is 15.0. The van der Waals surface area contributed by atoms with Crippen molar-refractivity contribution in [1.82, 2.24) is 49.1 Å². The van der Waals surface area contributed by atoms with Crippen molar-refractivity contribution in [2.24, 2.45) is 44.8 Å². The van der Waals surface area contributed by atoms with Gasteiger partial charge in [0.1, 0.15) is 12.4 Å². The third-order valence-electron chi connectivity index (χ3n) is 17.9. The Morgan fingerprint density at radius 3 is 1.76 bits per heavy atom. The quantitative estimate of drug-likeness (QED) is 0.0201. The topological polar surface area (TPSA) is 426 Å². The van der Waals surface area contributed by atoms with Gasteiger partial charge in [0.2, 0.25) is 17.7 Å². The van der Waals surface area contributed by atoms with Crippen LogP contribution in [0.15, 0.2) is 40.3 Å². The summed E-state index contributed by atoms with van der Waals surface area (Å²) < 4.78 is 95.5. The molecule has 4 amide bonds. The minimum atomic E-state index is -3.77. The molecule has 12 atom stereocenters. The molecule has 33 nitrogen and oxygen atoms in total. The fourth-order valence-electron chi connectivity index (χ4n) is 12.7. The number of ketones is 2. The van der Waals surface area contributed by atoms with Crippen molar-refractivity contribution in [3.8, 4) is 0 Å². The van der Waals surface area contributed by atoms with Gasteiger partial charge in [-0.2, -0.15) is 0 Å². The highest BCUT2D eigenvalue weighted by Crippen LogP contribution is 2.56. The van der Waals surface area contributed by atoms with Crippen molar-refractivity contribution in [2.75, 3.05) is 160 Å². The Bertz CT molecular complexity index is 2950.